The molecule has 2 aliphatic rings. The number of ketones is 2. The van der Waals surface area contributed by atoms with Gasteiger partial charge in [0.25, 0.3) is 5.91 Å². The number of likely N-dealkylation sites (tertiary alicyclic amines) is 2. The van der Waals surface area contributed by atoms with Gasteiger partial charge in [-0.2, -0.15) is 8.42 Å². The van der Waals surface area contributed by atoms with Gasteiger partial charge in [-0.25, -0.2) is 0 Å². The molecule has 3 heterocycles. The first kappa shape index (κ1) is 32.9. The first-order valence-electron chi connectivity index (χ1n) is 15.0. The average molecular weight is 618 g/mol. The minimum absolute atomic E-state index is 0.0352. The molecule has 2 aromatic carbocycles. The molecule has 0 saturated carbocycles. The lowest BCUT2D eigenvalue weighted by Crippen LogP contribution is -2.40. The largest absolute Gasteiger partial charge is 0.497 e. The van der Waals surface area contributed by atoms with Crippen molar-refractivity contribution in [1.82, 2.24) is 14.8 Å². The first-order valence-corrected chi connectivity index (χ1v) is 15.6. The van der Waals surface area contributed by atoms with E-state index in [0.29, 0.717) is 49.5 Å². The van der Waals surface area contributed by atoms with Crippen molar-refractivity contribution in [3.8, 4) is 5.75 Å². The highest BCUT2D eigenvalue weighted by molar-refractivity contribution is 7.51. The van der Waals surface area contributed by atoms with Gasteiger partial charge in [0.05, 0.1) is 12.7 Å². The Morgan fingerprint density at radius 1 is 0.841 bits per heavy atom. The van der Waals surface area contributed by atoms with Gasteiger partial charge in [0.2, 0.25) is 0 Å². The number of piperidine rings is 2. The SMILES string of the molecule is COc1ccc(CN2CCC(CC(=O)c3ccc(C(=O)N4CCC(C(=O)c5ccc(C)cc5)CC4)cn3)CC2)cc1.O=S=O. The number of rotatable bonds is 9. The molecule has 5 rings (SSSR count). The summed E-state index contributed by atoms with van der Waals surface area (Å²) in [6.07, 6.45) is 5.29. The molecule has 2 aliphatic heterocycles. The summed E-state index contributed by atoms with van der Waals surface area (Å²) in [5.41, 5.74) is 4.04. The molecular weight excluding hydrogens is 578 g/mol. The quantitative estimate of drug-likeness (QED) is 0.310. The van der Waals surface area contributed by atoms with Crippen LogP contribution in [-0.4, -0.2) is 74.0 Å². The lowest BCUT2D eigenvalue weighted by Gasteiger charge is -2.31. The fraction of sp³-hybridized carbons (Fsp3) is 0.412. The first-order chi connectivity index (χ1) is 21.3. The lowest BCUT2D eigenvalue weighted by molar-refractivity contribution is 0.0649. The van der Waals surface area contributed by atoms with Crippen LogP contribution >= 0.6 is 0 Å². The normalized spacial score (nSPS) is 16.0. The zero-order valence-electron chi connectivity index (χ0n) is 25.3. The number of amides is 1. The zero-order valence-corrected chi connectivity index (χ0v) is 26.1. The molecule has 1 amide bonds. The third-order valence-corrected chi connectivity index (χ3v) is 8.53. The molecule has 0 atom stereocenters. The van der Waals surface area contributed by atoms with Crippen molar-refractivity contribution in [2.75, 3.05) is 33.3 Å². The second kappa shape index (κ2) is 16.2. The Morgan fingerprint density at radius 3 is 2.02 bits per heavy atom. The van der Waals surface area contributed by atoms with Crippen LogP contribution in [0.25, 0.3) is 0 Å². The van der Waals surface area contributed by atoms with Crippen molar-refractivity contribution < 1.29 is 27.5 Å². The van der Waals surface area contributed by atoms with Gasteiger partial charge in [-0.3, -0.25) is 24.3 Å². The molecule has 0 radical (unpaired) electrons. The van der Waals surface area contributed by atoms with E-state index in [4.69, 9.17) is 13.2 Å². The Balaban J connectivity index is 0.00000141. The Hall–Kier alpha value is -4.02. The van der Waals surface area contributed by atoms with Gasteiger partial charge >= 0.3 is 11.6 Å². The van der Waals surface area contributed by atoms with Crippen molar-refractivity contribution in [3.63, 3.8) is 0 Å². The minimum Gasteiger partial charge on any atom is -0.497 e. The van der Waals surface area contributed by atoms with Gasteiger partial charge in [-0.15, -0.1) is 0 Å². The molecular formula is C34H39N3O6S. The maximum atomic E-state index is 13.1. The second-order valence-electron chi connectivity index (χ2n) is 11.5. The number of aryl methyl sites for hydroxylation is 1. The number of aromatic nitrogens is 1. The lowest BCUT2D eigenvalue weighted by atomic mass is 9.88. The standard InChI is InChI=1S/C34H39N3O4.O2S/c1-24-3-7-27(8-4-24)33(39)28-15-19-37(20-16-28)34(40)29-9-12-31(35-22-29)32(38)21-25-13-17-36(18-14-25)23-26-5-10-30(41-2)11-6-26;1-3-2/h3-12,22,25,28H,13-21,23H2,1-2H3;. The van der Waals surface area contributed by atoms with Crippen molar-refractivity contribution in [3.05, 3.63) is 94.8 Å². The van der Waals surface area contributed by atoms with E-state index in [0.717, 1.165) is 49.4 Å². The number of benzene rings is 2. The number of hydrogen-bond acceptors (Lipinski definition) is 8. The summed E-state index contributed by atoms with van der Waals surface area (Å²) in [5.74, 6) is 1.25. The Morgan fingerprint density at radius 2 is 1.45 bits per heavy atom. The Kier molecular flexibility index (Phi) is 12.1. The van der Waals surface area contributed by atoms with Crippen LogP contribution in [0.3, 0.4) is 0 Å². The van der Waals surface area contributed by atoms with Crippen LogP contribution in [0.5, 0.6) is 5.75 Å². The van der Waals surface area contributed by atoms with Gasteiger partial charge < -0.3 is 9.64 Å². The average Bonchev–Trinajstić information content (AvgIpc) is 3.06. The Bertz CT molecular complexity index is 1440. The van der Waals surface area contributed by atoms with Crippen LogP contribution in [-0.2, 0) is 18.1 Å². The highest BCUT2D eigenvalue weighted by atomic mass is 32.1. The number of Topliss-reactive ketones (excluding diaryl/α,β-unsaturated/α-hetero) is 2. The van der Waals surface area contributed by atoms with E-state index >= 15 is 0 Å². The Labute approximate surface area is 262 Å². The van der Waals surface area contributed by atoms with E-state index in [1.54, 1.807) is 24.1 Å². The summed E-state index contributed by atoms with van der Waals surface area (Å²) in [6.45, 7) is 5.93. The molecule has 1 aromatic heterocycles. The molecule has 9 nitrogen and oxygen atoms in total. The third kappa shape index (κ3) is 9.00. The number of methoxy groups -OCH3 is 1. The maximum absolute atomic E-state index is 13.1. The van der Waals surface area contributed by atoms with E-state index in [1.807, 2.05) is 43.3 Å². The number of hydrogen-bond donors (Lipinski definition) is 0. The molecule has 232 valence electrons. The summed E-state index contributed by atoms with van der Waals surface area (Å²) in [5, 5.41) is 0. The summed E-state index contributed by atoms with van der Waals surface area (Å²) >= 11 is -0.750. The summed E-state index contributed by atoms with van der Waals surface area (Å²) in [6, 6.07) is 19.3. The maximum Gasteiger partial charge on any atom is 0.335 e. The van der Waals surface area contributed by atoms with Gasteiger partial charge in [0, 0.05) is 43.7 Å². The van der Waals surface area contributed by atoms with E-state index in [2.05, 4.69) is 22.0 Å². The van der Waals surface area contributed by atoms with Crippen LogP contribution in [0.15, 0.2) is 66.9 Å². The topological polar surface area (TPSA) is 114 Å². The number of pyridine rings is 1. The van der Waals surface area contributed by atoms with E-state index < -0.39 is 11.6 Å². The van der Waals surface area contributed by atoms with Crippen molar-refractivity contribution >= 4 is 29.0 Å². The molecule has 0 N–H and O–H groups in total. The van der Waals surface area contributed by atoms with E-state index in [1.165, 1.54) is 11.8 Å². The molecule has 0 bridgehead atoms. The molecule has 2 fully saturated rings. The van der Waals surface area contributed by atoms with Gasteiger partial charge in [-0.1, -0.05) is 42.0 Å². The van der Waals surface area contributed by atoms with Gasteiger partial charge in [-0.05, 0) is 81.4 Å². The van der Waals surface area contributed by atoms with E-state index in [9.17, 15) is 14.4 Å². The van der Waals surface area contributed by atoms with E-state index in [-0.39, 0.29) is 23.4 Å². The number of ether oxygens (including phenoxy) is 1. The van der Waals surface area contributed by atoms with Crippen LogP contribution in [0.1, 0.15) is 74.4 Å². The van der Waals surface area contributed by atoms with Crippen molar-refractivity contribution in [1.29, 1.82) is 0 Å². The molecule has 44 heavy (non-hydrogen) atoms. The molecule has 0 aliphatic carbocycles. The highest BCUT2D eigenvalue weighted by Gasteiger charge is 2.29. The van der Waals surface area contributed by atoms with Crippen LogP contribution in [0.2, 0.25) is 0 Å². The predicted octanol–water partition coefficient (Wildman–Crippen LogP) is 4.95. The van der Waals surface area contributed by atoms with Crippen LogP contribution in [0.4, 0.5) is 0 Å². The fourth-order valence-electron chi connectivity index (χ4n) is 5.87. The molecule has 3 aromatic rings. The second-order valence-corrected chi connectivity index (χ2v) is 11.6. The summed E-state index contributed by atoms with van der Waals surface area (Å²) < 4.78 is 21.8. The summed E-state index contributed by atoms with van der Waals surface area (Å²) in [4.78, 5) is 47.5. The molecule has 0 spiro atoms. The number of carbonyl (C=O) groups is 3. The number of nitrogens with zero attached hydrogens (tertiary/aromatic N) is 3. The van der Waals surface area contributed by atoms with Crippen LogP contribution < -0.4 is 4.74 Å². The predicted molar refractivity (Wildman–Crippen MR) is 167 cm³/mol. The fourth-order valence-corrected chi connectivity index (χ4v) is 5.87. The van der Waals surface area contributed by atoms with Crippen LogP contribution in [0, 0.1) is 18.8 Å². The molecule has 10 heteroatoms. The van der Waals surface area contributed by atoms with Crippen molar-refractivity contribution in [2.45, 2.75) is 45.6 Å². The van der Waals surface area contributed by atoms with Crippen molar-refractivity contribution in [2.24, 2.45) is 11.8 Å². The van der Waals surface area contributed by atoms with Gasteiger partial charge in [0.15, 0.2) is 11.6 Å². The number of carbonyl (C=O) groups excluding carboxylic acids is 3. The minimum atomic E-state index is -0.750. The highest BCUT2D eigenvalue weighted by Crippen LogP contribution is 2.25. The van der Waals surface area contributed by atoms with Gasteiger partial charge in [0.1, 0.15) is 11.4 Å². The molecule has 0 unspecified atom stereocenters. The summed E-state index contributed by atoms with van der Waals surface area (Å²) in [7, 11) is 1.67. The monoisotopic (exact) mass is 617 g/mol. The molecule has 2 saturated heterocycles. The third-order valence-electron chi connectivity index (χ3n) is 8.53. The smallest absolute Gasteiger partial charge is 0.335 e. The zero-order chi connectivity index (χ0) is 31.5.